The number of nitro groups is 1. The smallest absolute Gasteiger partial charge is 0.323 e. The van der Waals surface area contributed by atoms with Gasteiger partial charge in [-0.2, -0.15) is 0 Å². The summed E-state index contributed by atoms with van der Waals surface area (Å²) in [4.78, 5) is 36.2. The summed E-state index contributed by atoms with van der Waals surface area (Å²) in [6, 6.07) is 18.1. The molecule has 2 amide bonds. The fraction of sp³-hybridized carbons (Fsp3) is 0.130. The molecule has 3 aromatic carbocycles. The zero-order valence-corrected chi connectivity index (χ0v) is 16.6. The van der Waals surface area contributed by atoms with Gasteiger partial charge in [-0.25, -0.2) is 4.79 Å². The molecule has 0 spiro atoms. The lowest BCUT2D eigenvalue weighted by atomic mass is 9.85. The molecule has 0 fully saturated rings. The quantitative estimate of drug-likeness (QED) is 0.293. The van der Waals surface area contributed by atoms with Crippen LogP contribution in [0.4, 0.5) is 21.9 Å². The van der Waals surface area contributed by atoms with Crippen LogP contribution in [0.15, 0.2) is 66.7 Å². The Morgan fingerprint density at radius 2 is 1.71 bits per heavy atom. The largest absolute Gasteiger partial charge is 0.426 e. The van der Waals surface area contributed by atoms with Crippen molar-refractivity contribution in [1.82, 2.24) is 0 Å². The van der Waals surface area contributed by atoms with Crippen LogP contribution < -0.4 is 15.4 Å². The van der Waals surface area contributed by atoms with Crippen molar-refractivity contribution < 1.29 is 19.2 Å². The lowest BCUT2D eigenvalue weighted by Crippen LogP contribution is -2.32. The van der Waals surface area contributed by atoms with Crippen molar-refractivity contribution in [1.29, 1.82) is 0 Å². The van der Waals surface area contributed by atoms with Crippen molar-refractivity contribution in [2.24, 2.45) is 5.73 Å². The number of para-hydroxylation sites is 1. The van der Waals surface area contributed by atoms with Crippen molar-refractivity contribution >= 4 is 29.1 Å². The minimum atomic E-state index is -0.668. The molecule has 0 bridgehead atoms. The van der Waals surface area contributed by atoms with E-state index in [2.05, 4.69) is 0 Å². The number of fused-ring (bicyclic) bond motifs is 2. The Balaban J connectivity index is 1.95. The highest BCUT2D eigenvalue weighted by Gasteiger charge is 2.32. The van der Waals surface area contributed by atoms with Gasteiger partial charge in [-0.05, 0) is 35.7 Å². The van der Waals surface area contributed by atoms with Crippen LogP contribution in [0.2, 0.25) is 0 Å². The molecule has 1 aliphatic heterocycles. The van der Waals surface area contributed by atoms with Crippen LogP contribution >= 0.6 is 0 Å². The number of hydrogen-bond acceptors (Lipinski definition) is 5. The van der Waals surface area contributed by atoms with Gasteiger partial charge in [0.25, 0.3) is 5.69 Å². The topological polar surface area (TPSA) is 116 Å². The Morgan fingerprint density at radius 3 is 2.35 bits per heavy atom. The summed E-state index contributed by atoms with van der Waals surface area (Å²) in [5.74, 6) is -0.388. The highest BCUT2D eigenvalue weighted by molar-refractivity contribution is 6.01. The molecule has 1 heterocycles. The minimum Gasteiger partial charge on any atom is -0.426 e. The molecular formula is C23H19N3O5. The fourth-order valence-electron chi connectivity index (χ4n) is 4.01. The summed E-state index contributed by atoms with van der Waals surface area (Å²) in [6.45, 7) is 1.31. The predicted octanol–water partition coefficient (Wildman–Crippen LogP) is 4.42. The van der Waals surface area contributed by atoms with E-state index in [9.17, 15) is 19.7 Å². The maximum Gasteiger partial charge on any atom is 0.323 e. The highest BCUT2D eigenvalue weighted by atomic mass is 16.6. The third kappa shape index (κ3) is 3.71. The van der Waals surface area contributed by atoms with Gasteiger partial charge < -0.3 is 10.5 Å². The number of benzene rings is 3. The average Bonchev–Trinajstić information content (AvgIpc) is 2.88. The molecule has 1 aliphatic rings. The number of ether oxygens (including phenoxy) is 1. The number of rotatable bonds is 3. The van der Waals surface area contributed by atoms with Gasteiger partial charge in [0.1, 0.15) is 5.75 Å². The molecule has 0 aliphatic carbocycles. The monoisotopic (exact) mass is 417 g/mol. The summed E-state index contributed by atoms with van der Waals surface area (Å²) < 4.78 is 5.42. The molecule has 156 valence electrons. The standard InChI is InChI=1S/C23H19N3O5/c1-14(27)31-22-8-4-7-21-19(22)13-18(15-9-11-16(12-10-15)26(29)30)17-5-2-3-6-20(17)25(21)23(24)28/h2-12,18H,13H2,1H3,(H2,24,28). The normalized spacial score (nSPS) is 14.7. The first kappa shape index (κ1) is 20.1. The van der Waals surface area contributed by atoms with E-state index in [1.807, 2.05) is 18.2 Å². The van der Waals surface area contributed by atoms with E-state index in [0.29, 0.717) is 29.1 Å². The van der Waals surface area contributed by atoms with Crippen molar-refractivity contribution in [2.75, 3.05) is 4.90 Å². The second-order valence-electron chi connectivity index (χ2n) is 7.19. The number of non-ortho nitro benzene ring substituents is 1. The lowest BCUT2D eigenvalue weighted by Gasteiger charge is -2.24. The highest BCUT2D eigenvalue weighted by Crippen LogP contribution is 2.46. The van der Waals surface area contributed by atoms with Crippen molar-refractivity contribution in [2.45, 2.75) is 19.3 Å². The summed E-state index contributed by atoms with van der Waals surface area (Å²) in [7, 11) is 0. The van der Waals surface area contributed by atoms with Gasteiger partial charge in [-0.1, -0.05) is 36.4 Å². The van der Waals surface area contributed by atoms with Gasteiger partial charge in [0.2, 0.25) is 0 Å². The van der Waals surface area contributed by atoms with Gasteiger partial charge in [-0.15, -0.1) is 0 Å². The number of nitrogens with zero attached hydrogens (tertiary/aromatic N) is 2. The SMILES string of the molecule is CC(=O)Oc1cccc2c1CC(c1ccc([N+](=O)[O-])cc1)c1ccccc1N2C(N)=O. The summed E-state index contributed by atoms with van der Waals surface area (Å²) in [5, 5.41) is 11.1. The number of esters is 1. The number of primary amides is 1. The van der Waals surface area contributed by atoms with E-state index in [1.165, 1.54) is 24.0 Å². The van der Waals surface area contributed by atoms with Gasteiger partial charge in [-0.3, -0.25) is 19.8 Å². The maximum absolute atomic E-state index is 12.5. The Labute approximate surface area is 178 Å². The van der Waals surface area contributed by atoms with Gasteiger partial charge in [0, 0.05) is 30.5 Å². The first-order chi connectivity index (χ1) is 14.9. The van der Waals surface area contributed by atoms with E-state index >= 15 is 0 Å². The van der Waals surface area contributed by atoms with Crippen molar-refractivity contribution in [3.05, 3.63) is 93.5 Å². The third-order valence-electron chi connectivity index (χ3n) is 5.29. The van der Waals surface area contributed by atoms with Crippen LogP contribution in [0.3, 0.4) is 0 Å². The summed E-state index contributed by atoms with van der Waals surface area (Å²) in [6.07, 6.45) is 0.400. The molecule has 1 unspecified atom stereocenters. The number of anilines is 2. The first-order valence-electron chi connectivity index (χ1n) is 9.60. The van der Waals surface area contributed by atoms with Crippen LogP contribution in [0.1, 0.15) is 29.5 Å². The van der Waals surface area contributed by atoms with Gasteiger partial charge >= 0.3 is 12.0 Å². The predicted molar refractivity (Wildman–Crippen MR) is 115 cm³/mol. The minimum absolute atomic E-state index is 0.00887. The first-order valence-corrected chi connectivity index (χ1v) is 9.60. The number of carbonyl (C=O) groups is 2. The molecule has 3 aromatic rings. The van der Waals surface area contributed by atoms with Crippen LogP contribution in [-0.2, 0) is 11.2 Å². The van der Waals surface area contributed by atoms with Crippen molar-refractivity contribution in [3.63, 3.8) is 0 Å². The molecule has 8 nitrogen and oxygen atoms in total. The molecule has 0 saturated carbocycles. The second kappa shape index (κ2) is 7.91. The number of nitro benzene ring substituents is 1. The van der Waals surface area contributed by atoms with Gasteiger partial charge in [0.05, 0.1) is 16.3 Å². The Bertz CT molecular complexity index is 1190. The number of hydrogen-bond donors (Lipinski definition) is 1. The lowest BCUT2D eigenvalue weighted by molar-refractivity contribution is -0.384. The zero-order valence-electron chi connectivity index (χ0n) is 16.6. The second-order valence-corrected chi connectivity index (χ2v) is 7.19. The molecule has 2 N–H and O–H groups in total. The molecule has 4 rings (SSSR count). The zero-order chi connectivity index (χ0) is 22.1. The van der Waals surface area contributed by atoms with E-state index in [1.54, 1.807) is 36.4 Å². The molecular weight excluding hydrogens is 398 g/mol. The van der Waals surface area contributed by atoms with E-state index in [0.717, 1.165) is 11.1 Å². The molecule has 0 aromatic heterocycles. The van der Waals surface area contributed by atoms with Crippen LogP contribution in [-0.4, -0.2) is 16.9 Å². The molecule has 1 atom stereocenters. The third-order valence-corrected chi connectivity index (χ3v) is 5.29. The number of nitrogens with two attached hydrogens (primary N) is 1. The molecule has 31 heavy (non-hydrogen) atoms. The number of carbonyl (C=O) groups excluding carboxylic acids is 2. The Kier molecular flexibility index (Phi) is 5.12. The Morgan fingerprint density at radius 1 is 1.03 bits per heavy atom. The van der Waals surface area contributed by atoms with E-state index < -0.39 is 16.9 Å². The summed E-state index contributed by atoms with van der Waals surface area (Å²) in [5.41, 5.74) is 9.20. The van der Waals surface area contributed by atoms with Gasteiger partial charge in [0.15, 0.2) is 0 Å². The van der Waals surface area contributed by atoms with E-state index in [4.69, 9.17) is 10.5 Å². The van der Waals surface area contributed by atoms with Crippen LogP contribution in [0.25, 0.3) is 0 Å². The number of amides is 2. The van der Waals surface area contributed by atoms with E-state index in [-0.39, 0.29) is 11.6 Å². The molecule has 0 saturated heterocycles. The van der Waals surface area contributed by atoms with Crippen LogP contribution in [0, 0.1) is 10.1 Å². The maximum atomic E-state index is 12.5. The number of urea groups is 1. The fourth-order valence-corrected chi connectivity index (χ4v) is 4.01. The molecule has 8 heteroatoms. The Hall–Kier alpha value is -4.20. The molecule has 0 radical (unpaired) electrons. The van der Waals surface area contributed by atoms with Crippen LogP contribution in [0.5, 0.6) is 5.75 Å². The summed E-state index contributed by atoms with van der Waals surface area (Å²) >= 11 is 0. The van der Waals surface area contributed by atoms with Crippen molar-refractivity contribution in [3.8, 4) is 5.75 Å². The average molecular weight is 417 g/mol.